The molecule has 0 spiro atoms. The first kappa shape index (κ1) is 14.4. The molecule has 0 aromatic carbocycles. The minimum atomic E-state index is -0.322. The van der Waals surface area contributed by atoms with Crippen molar-refractivity contribution < 1.29 is 9.59 Å². The van der Waals surface area contributed by atoms with Crippen LogP contribution in [-0.2, 0) is 16.1 Å². The summed E-state index contributed by atoms with van der Waals surface area (Å²) in [4.78, 5) is 31.0. The predicted octanol–water partition coefficient (Wildman–Crippen LogP) is -1.04. The summed E-state index contributed by atoms with van der Waals surface area (Å²) in [5.41, 5.74) is 5.31. The van der Waals surface area contributed by atoms with Crippen LogP contribution in [0.4, 0.5) is 0 Å². The average Bonchev–Trinajstić information content (AvgIpc) is 2.91. The number of nitrogens with one attached hydrogen (secondary N) is 1. The van der Waals surface area contributed by atoms with E-state index in [2.05, 4.69) is 15.2 Å². The summed E-state index contributed by atoms with van der Waals surface area (Å²) in [5, 5.41) is 6.52. The number of H-pyrrole nitrogens is 1. The third-order valence-corrected chi connectivity index (χ3v) is 3.47. The Hall–Kier alpha value is -1.96. The molecule has 0 bridgehead atoms. The summed E-state index contributed by atoms with van der Waals surface area (Å²) in [7, 11) is 1.84. The standard InChI is InChI=1S/C12H20N6O2/c1-17(6-10-14-8-15-16-10)7-11(19)18-4-2-3-9(5-18)12(13)20/h8-9H,2-7H2,1H3,(H2,13,20)(H,14,15,16). The van der Waals surface area contributed by atoms with Crippen LogP contribution in [0.1, 0.15) is 18.7 Å². The lowest BCUT2D eigenvalue weighted by Crippen LogP contribution is -2.47. The molecule has 1 unspecified atom stereocenters. The van der Waals surface area contributed by atoms with Crippen molar-refractivity contribution >= 4 is 11.8 Å². The molecule has 0 radical (unpaired) electrons. The van der Waals surface area contributed by atoms with E-state index in [1.165, 1.54) is 6.33 Å². The largest absolute Gasteiger partial charge is 0.369 e. The minimum absolute atomic E-state index is 0.0120. The molecular weight excluding hydrogens is 260 g/mol. The minimum Gasteiger partial charge on any atom is -0.369 e. The molecule has 1 aromatic rings. The fraction of sp³-hybridized carbons (Fsp3) is 0.667. The van der Waals surface area contributed by atoms with Gasteiger partial charge in [0.2, 0.25) is 11.8 Å². The Labute approximate surface area is 117 Å². The molecule has 1 aliphatic rings. The highest BCUT2D eigenvalue weighted by atomic mass is 16.2. The van der Waals surface area contributed by atoms with Gasteiger partial charge in [0.15, 0.2) is 0 Å². The van der Waals surface area contributed by atoms with E-state index in [0.717, 1.165) is 12.8 Å². The SMILES string of the molecule is CN(CC(=O)N1CCCC(C(N)=O)C1)Cc1ncn[nH]1. The Morgan fingerprint density at radius 1 is 1.60 bits per heavy atom. The lowest BCUT2D eigenvalue weighted by atomic mass is 9.97. The topological polar surface area (TPSA) is 108 Å². The number of primary amides is 1. The zero-order chi connectivity index (χ0) is 14.5. The maximum Gasteiger partial charge on any atom is 0.236 e. The fourth-order valence-corrected chi connectivity index (χ4v) is 2.39. The van der Waals surface area contributed by atoms with Crippen LogP contribution >= 0.6 is 0 Å². The number of amides is 2. The van der Waals surface area contributed by atoms with E-state index < -0.39 is 0 Å². The molecule has 1 saturated heterocycles. The van der Waals surface area contributed by atoms with Crippen LogP contribution in [-0.4, -0.2) is 63.5 Å². The lowest BCUT2D eigenvalue weighted by Gasteiger charge is -2.32. The van der Waals surface area contributed by atoms with Gasteiger partial charge in [0, 0.05) is 13.1 Å². The van der Waals surface area contributed by atoms with Gasteiger partial charge in [-0.05, 0) is 19.9 Å². The van der Waals surface area contributed by atoms with Crippen molar-refractivity contribution in [1.82, 2.24) is 25.0 Å². The molecule has 1 atom stereocenters. The van der Waals surface area contributed by atoms with E-state index in [9.17, 15) is 9.59 Å². The first-order chi connectivity index (χ1) is 9.56. The number of nitrogens with zero attached hydrogens (tertiary/aromatic N) is 4. The van der Waals surface area contributed by atoms with Gasteiger partial charge < -0.3 is 10.6 Å². The summed E-state index contributed by atoms with van der Waals surface area (Å²) >= 11 is 0. The Balaban J connectivity index is 1.83. The first-order valence-corrected chi connectivity index (χ1v) is 6.66. The zero-order valence-corrected chi connectivity index (χ0v) is 11.6. The van der Waals surface area contributed by atoms with Crippen molar-refractivity contribution in [3.05, 3.63) is 12.2 Å². The van der Waals surface area contributed by atoms with Crippen LogP contribution in [0, 0.1) is 5.92 Å². The van der Waals surface area contributed by atoms with Gasteiger partial charge in [-0.15, -0.1) is 0 Å². The number of hydrogen-bond acceptors (Lipinski definition) is 5. The number of aromatic nitrogens is 3. The number of aromatic amines is 1. The molecule has 8 heteroatoms. The van der Waals surface area contributed by atoms with Gasteiger partial charge in [0.25, 0.3) is 0 Å². The van der Waals surface area contributed by atoms with Crippen LogP contribution in [0.25, 0.3) is 0 Å². The third-order valence-electron chi connectivity index (χ3n) is 3.47. The molecule has 20 heavy (non-hydrogen) atoms. The zero-order valence-electron chi connectivity index (χ0n) is 11.6. The van der Waals surface area contributed by atoms with Crippen LogP contribution < -0.4 is 5.73 Å². The van der Waals surface area contributed by atoms with Gasteiger partial charge in [-0.2, -0.15) is 5.10 Å². The smallest absolute Gasteiger partial charge is 0.236 e. The van der Waals surface area contributed by atoms with Gasteiger partial charge >= 0.3 is 0 Å². The third kappa shape index (κ3) is 3.77. The molecule has 0 aliphatic carbocycles. The Kier molecular flexibility index (Phi) is 4.67. The average molecular weight is 280 g/mol. The highest BCUT2D eigenvalue weighted by Gasteiger charge is 2.27. The van der Waals surface area contributed by atoms with Crippen molar-refractivity contribution in [3.63, 3.8) is 0 Å². The number of likely N-dealkylation sites (N-methyl/N-ethyl adjacent to an activating group) is 1. The quantitative estimate of drug-likeness (QED) is 0.716. The fourth-order valence-electron chi connectivity index (χ4n) is 2.39. The Morgan fingerprint density at radius 3 is 3.05 bits per heavy atom. The normalized spacial score (nSPS) is 19.3. The van der Waals surface area contributed by atoms with Crippen molar-refractivity contribution in [2.24, 2.45) is 11.7 Å². The summed E-state index contributed by atoms with van der Waals surface area (Å²) < 4.78 is 0. The summed E-state index contributed by atoms with van der Waals surface area (Å²) in [5.74, 6) is 0.191. The number of likely N-dealkylation sites (tertiary alicyclic amines) is 1. The lowest BCUT2D eigenvalue weighted by molar-refractivity contribution is -0.135. The Bertz CT molecular complexity index is 461. The maximum atomic E-state index is 12.2. The Morgan fingerprint density at radius 2 is 2.40 bits per heavy atom. The predicted molar refractivity (Wildman–Crippen MR) is 71.2 cm³/mol. The molecule has 2 amide bonds. The van der Waals surface area contributed by atoms with E-state index in [1.807, 2.05) is 11.9 Å². The van der Waals surface area contributed by atoms with Crippen LogP contribution in [0.5, 0.6) is 0 Å². The monoisotopic (exact) mass is 280 g/mol. The molecule has 110 valence electrons. The van der Waals surface area contributed by atoms with E-state index in [4.69, 9.17) is 5.73 Å². The second-order valence-corrected chi connectivity index (χ2v) is 5.19. The molecule has 1 fully saturated rings. The van der Waals surface area contributed by atoms with Crippen LogP contribution in [0.3, 0.4) is 0 Å². The van der Waals surface area contributed by atoms with Gasteiger partial charge in [-0.1, -0.05) is 0 Å². The maximum absolute atomic E-state index is 12.2. The molecule has 1 aromatic heterocycles. The summed E-state index contributed by atoms with van der Waals surface area (Å²) in [6.45, 7) is 1.94. The van der Waals surface area contributed by atoms with Crippen molar-refractivity contribution in [2.45, 2.75) is 19.4 Å². The van der Waals surface area contributed by atoms with Gasteiger partial charge in [0.1, 0.15) is 12.2 Å². The van der Waals surface area contributed by atoms with Crippen molar-refractivity contribution in [3.8, 4) is 0 Å². The summed E-state index contributed by atoms with van der Waals surface area (Å²) in [6, 6.07) is 0. The highest BCUT2D eigenvalue weighted by molar-refractivity contribution is 5.81. The van der Waals surface area contributed by atoms with Gasteiger partial charge in [-0.25, -0.2) is 4.98 Å². The molecule has 1 aliphatic heterocycles. The van der Waals surface area contributed by atoms with E-state index in [0.29, 0.717) is 25.5 Å². The van der Waals surface area contributed by atoms with E-state index in [-0.39, 0.29) is 24.3 Å². The summed E-state index contributed by atoms with van der Waals surface area (Å²) in [6.07, 6.45) is 3.03. The van der Waals surface area contributed by atoms with Crippen molar-refractivity contribution in [2.75, 3.05) is 26.7 Å². The van der Waals surface area contributed by atoms with Crippen LogP contribution in [0.15, 0.2) is 6.33 Å². The highest BCUT2D eigenvalue weighted by Crippen LogP contribution is 2.16. The first-order valence-electron chi connectivity index (χ1n) is 6.66. The second-order valence-electron chi connectivity index (χ2n) is 5.19. The van der Waals surface area contributed by atoms with Crippen molar-refractivity contribution in [1.29, 1.82) is 0 Å². The number of carbonyl (C=O) groups excluding carboxylic acids is 2. The van der Waals surface area contributed by atoms with Gasteiger partial charge in [-0.3, -0.25) is 19.6 Å². The van der Waals surface area contributed by atoms with Gasteiger partial charge in [0.05, 0.1) is 19.0 Å². The molecular formula is C12H20N6O2. The molecule has 3 N–H and O–H groups in total. The number of rotatable bonds is 5. The number of nitrogens with two attached hydrogens (primary N) is 1. The number of carbonyl (C=O) groups is 2. The molecule has 0 saturated carbocycles. The van der Waals surface area contributed by atoms with Crippen LogP contribution in [0.2, 0.25) is 0 Å². The van der Waals surface area contributed by atoms with E-state index in [1.54, 1.807) is 4.90 Å². The molecule has 8 nitrogen and oxygen atoms in total. The number of hydrogen-bond donors (Lipinski definition) is 2. The second kappa shape index (κ2) is 6.47. The van der Waals surface area contributed by atoms with E-state index >= 15 is 0 Å². The molecule has 2 heterocycles. The number of piperidine rings is 1. The molecule has 2 rings (SSSR count).